The first kappa shape index (κ1) is 10.3. The van der Waals surface area contributed by atoms with Crippen LogP contribution in [0.2, 0.25) is 0 Å². The Morgan fingerprint density at radius 2 is 2.38 bits per heavy atom. The van der Waals surface area contributed by atoms with E-state index in [0.717, 1.165) is 0 Å². The highest BCUT2D eigenvalue weighted by atomic mass is 16.5. The molecule has 6 heteroatoms. The number of carbonyl (C=O) groups is 1. The molecule has 0 saturated heterocycles. The first-order chi connectivity index (χ1) is 7.81. The summed E-state index contributed by atoms with van der Waals surface area (Å²) >= 11 is 0. The van der Waals surface area contributed by atoms with E-state index < -0.39 is 5.97 Å². The van der Waals surface area contributed by atoms with Gasteiger partial charge in [-0.3, -0.25) is 0 Å². The fourth-order valence-corrected chi connectivity index (χ4v) is 1.18. The van der Waals surface area contributed by atoms with Crippen LogP contribution in [0.1, 0.15) is 17.4 Å². The molecule has 2 heterocycles. The first-order valence-corrected chi connectivity index (χ1v) is 4.82. The number of hydrogen-bond acceptors (Lipinski definition) is 5. The highest BCUT2D eigenvalue weighted by Gasteiger charge is 2.10. The van der Waals surface area contributed by atoms with Crippen molar-refractivity contribution in [2.24, 2.45) is 0 Å². The average Bonchev–Trinajstić information content (AvgIpc) is 2.80. The molecule has 0 unspecified atom stereocenters. The lowest BCUT2D eigenvalue weighted by Crippen LogP contribution is -2.07. The Morgan fingerprint density at radius 1 is 1.50 bits per heavy atom. The monoisotopic (exact) mass is 218 g/mol. The van der Waals surface area contributed by atoms with Crippen LogP contribution in [0.25, 0.3) is 5.82 Å². The van der Waals surface area contributed by atoms with E-state index in [9.17, 15) is 4.79 Å². The summed E-state index contributed by atoms with van der Waals surface area (Å²) in [4.78, 5) is 11.4. The van der Waals surface area contributed by atoms with Crippen molar-refractivity contribution in [3.05, 3.63) is 36.3 Å². The topological polar surface area (TPSA) is 69.9 Å². The van der Waals surface area contributed by atoms with Crippen LogP contribution in [0.4, 0.5) is 0 Å². The number of hydrogen-bond donors (Lipinski definition) is 0. The van der Waals surface area contributed by atoms with Crippen molar-refractivity contribution < 1.29 is 9.53 Å². The predicted molar refractivity (Wildman–Crippen MR) is 55.1 cm³/mol. The van der Waals surface area contributed by atoms with Gasteiger partial charge in [-0.2, -0.15) is 10.2 Å². The molecule has 0 bridgehead atoms. The largest absolute Gasteiger partial charge is 0.461 e. The second kappa shape index (κ2) is 4.52. The van der Waals surface area contributed by atoms with Crippen LogP contribution in [0.3, 0.4) is 0 Å². The Kier molecular flexibility index (Phi) is 2.90. The number of ether oxygens (including phenoxy) is 1. The van der Waals surface area contributed by atoms with Gasteiger partial charge in [-0.1, -0.05) is 0 Å². The summed E-state index contributed by atoms with van der Waals surface area (Å²) in [5.74, 6) is 0.114. The summed E-state index contributed by atoms with van der Waals surface area (Å²) in [5, 5.41) is 11.6. The summed E-state index contributed by atoms with van der Waals surface area (Å²) in [7, 11) is 0. The molecular formula is C10H10N4O2. The van der Waals surface area contributed by atoms with Crippen LogP contribution in [-0.2, 0) is 4.74 Å². The maximum atomic E-state index is 11.4. The lowest BCUT2D eigenvalue weighted by atomic mass is 10.4. The Morgan fingerprint density at radius 3 is 3.06 bits per heavy atom. The van der Waals surface area contributed by atoms with E-state index in [0.29, 0.717) is 12.4 Å². The van der Waals surface area contributed by atoms with Gasteiger partial charge in [-0.05, 0) is 25.1 Å². The van der Waals surface area contributed by atoms with E-state index in [1.807, 2.05) is 0 Å². The van der Waals surface area contributed by atoms with Gasteiger partial charge in [0.2, 0.25) is 0 Å². The molecule has 2 aromatic heterocycles. The summed E-state index contributed by atoms with van der Waals surface area (Å²) in [6, 6.07) is 5.07. The second-order valence-electron chi connectivity index (χ2n) is 2.95. The Labute approximate surface area is 91.9 Å². The summed E-state index contributed by atoms with van der Waals surface area (Å²) < 4.78 is 6.30. The van der Waals surface area contributed by atoms with E-state index in [1.165, 1.54) is 4.68 Å². The van der Waals surface area contributed by atoms with E-state index in [2.05, 4.69) is 15.3 Å². The van der Waals surface area contributed by atoms with Crippen LogP contribution in [0.15, 0.2) is 30.6 Å². The summed E-state index contributed by atoms with van der Waals surface area (Å²) in [5.41, 5.74) is 0.257. The Balaban J connectivity index is 2.23. The van der Waals surface area contributed by atoms with Crippen LogP contribution in [0.5, 0.6) is 0 Å². The minimum Gasteiger partial charge on any atom is -0.461 e. The molecule has 0 spiro atoms. The zero-order valence-electron chi connectivity index (χ0n) is 8.70. The highest BCUT2D eigenvalue weighted by molar-refractivity contribution is 5.87. The van der Waals surface area contributed by atoms with Gasteiger partial charge in [0.05, 0.1) is 6.61 Å². The fraction of sp³-hybridized carbons (Fsp3) is 0.200. The molecule has 0 saturated carbocycles. The minimum atomic E-state index is -0.440. The third kappa shape index (κ3) is 2.05. The number of carbonyl (C=O) groups excluding carboxylic acids is 1. The molecule has 0 amide bonds. The Bertz CT molecular complexity index is 481. The van der Waals surface area contributed by atoms with Crippen molar-refractivity contribution in [2.75, 3.05) is 6.61 Å². The molecule has 2 rings (SSSR count). The smallest absolute Gasteiger partial charge is 0.358 e. The molecule has 2 aromatic rings. The number of aromatic nitrogens is 4. The number of nitrogens with zero attached hydrogens (tertiary/aromatic N) is 4. The van der Waals surface area contributed by atoms with Crippen molar-refractivity contribution in [2.45, 2.75) is 6.92 Å². The van der Waals surface area contributed by atoms with Gasteiger partial charge in [0.25, 0.3) is 0 Å². The third-order valence-corrected chi connectivity index (χ3v) is 1.87. The van der Waals surface area contributed by atoms with Gasteiger partial charge in [0.15, 0.2) is 11.5 Å². The maximum absolute atomic E-state index is 11.4. The zero-order valence-corrected chi connectivity index (χ0v) is 8.70. The average molecular weight is 218 g/mol. The molecule has 0 aromatic carbocycles. The van der Waals surface area contributed by atoms with E-state index in [4.69, 9.17) is 4.74 Å². The SMILES string of the molecule is CCOC(=O)c1ccn(-c2cccnn2)n1. The van der Waals surface area contributed by atoms with Crippen LogP contribution in [-0.4, -0.2) is 32.6 Å². The minimum absolute atomic E-state index is 0.257. The standard InChI is InChI=1S/C10H10N4O2/c1-2-16-10(15)8-5-7-14(13-8)9-4-3-6-11-12-9/h3-7H,2H2,1H3. The highest BCUT2D eigenvalue weighted by Crippen LogP contribution is 2.03. The van der Waals surface area contributed by atoms with Gasteiger partial charge < -0.3 is 4.74 Å². The van der Waals surface area contributed by atoms with Crippen molar-refractivity contribution in [1.29, 1.82) is 0 Å². The maximum Gasteiger partial charge on any atom is 0.358 e. The van der Waals surface area contributed by atoms with Gasteiger partial charge >= 0.3 is 5.97 Å². The molecule has 0 fully saturated rings. The molecule has 0 aliphatic rings. The molecule has 0 aliphatic heterocycles. The summed E-state index contributed by atoms with van der Waals surface area (Å²) in [6.07, 6.45) is 3.20. The lowest BCUT2D eigenvalue weighted by molar-refractivity contribution is 0.0519. The molecule has 82 valence electrons. The first-order valence-electron chi connectivity index (χ1n) is 4.82. The quantitative estimate of drug-likeness (QED) is 0.714. The van der Waals surface area contributed by atoms with Gasteiger partial charge in [0.1, 0.15) is 0 Å². The molecule has 0 radical (unpaired) electrons. The zero-order chi connectivity index (χ0) is 11.4. The van der Waals surface area contributed by atoms with Crippen molar-refractivity contribution in [3.8, 4) is 5.82 Å². The van der Waals surface area contributed by atoms with Crippen molar-refractivity contribution >= 4 is 5.97 Å². The van der Waals surface area contributed by atoms with Crippen LogP contribution in [0, 0.1) is 0 Å². The molecule has 0 N–H and O–H groups in total. The molecule has 0 aliphatic carbocycles. The molecule has 0 atom stereocenters. The number of esters is 1. The summed E-state index contributed by atoms with van der Waals surface area (Å²) in [6.45, 7) is 2.08. The predicted octanol–water partition coefficient (Wildman–Crippen LogP) is 0.839. The third-order valence-electron chi connectivity index (χ3n) is 1.87. The number of rotatable bonds is 3. The fourth-order valence-electron chi connectivity index (χ4n) is 1.18. The van der Waals surface area contributed by atoms with Crippen molar-refractivity contribution in [3.63, 3.8) is 0 Å². The second-order valence-corrected chi connectivity index (χ2v) is 2.95. The lowest BCUT2D eigenvalue weighted by Gasteiger charge is -1.98. The molecule has 16 heavy (non-hydrogen) atoms. The molecular weight excluding hydrogens is 208 g/mol. The van der Waals surface area contributed by atoms with Crippen molar-refractivity contribution in [1.82, 2.24) is 20.0 Å². The van der Waals surface area contributed by atoms with E-state index in [-0.39, 0.29) is 5.69 Å². The molecule has 6 nitrogen and oxygen atoms in total. The van der Waals surface area contributed by atoms with E-state index >= 15 is 0 Å². The van der Waals surface area contributed by atoms with E-state index in [1.54, 1.807) is 37.5 Å². The van der Waals surface area contributed by atoms with Crippen LogP contribution >= 0.6 is 0 Å². The van der Waals surface area contributed by atoms with Crippen LogP contribution < -0.4 is 0 Å². The van der Waals surface area contributed by atoms with Gasteiger partial charge in [-0.15, -0.1) is 5.10 Å². The van der Waals surface area contributed by atoms with Gasteiger partial charge in [-0.25, -0.2) is 9.48 Å². The Hall–Kier alpha value is -2.24. The normalized spacial score (nSPS) is 10.1. The van der Waals surface area contributed by atoms with Gasteiger partial charge in [0, 0.05) is 12.4 Å².